The fourth-order valence-corrected chi connectivity index (χ4v) is 5.15. The van der Waals surface area contributed by atoms with Crippen molar-refractivity contribution in [2.24, 2.45) is 0 Å². The van der Waals surface area contributed by atoms with Crippen molar-refractivity contribution in [3.05, 3.63) is 87.6 Å². The molecule has 1 atom stereocenters. The van der Waals surface area contributed by atoms with Crippen molar-refractivity contribution in [3.8, 4) is 5.75 Å². The van der Waals surface area contributed by atoms with Gasteiger partial charge in [0.2, 0.25) is 5.91 Å². The Hall–Kier alpha value is -3.26. The number of benzene rings is 2. The summed E-state index contributed by atoms with van der Waals surface area (Å²) in [6, 6.07) is 13.0. The molecule has 0 bridgehead atoms. The molecular weight excluding hydrogens is 470 g/mol. The van der Waals surface area contributed by atoms with Gasteiger partial charge < -0.3 is 14.5 Å². The van der Waals surface area contributed by atoms with Crippen molar-refractivity contribution in [3.63, 3.8) is 0 Å². The van der Waals surface area contributed by atoms with Gasteiger partial charge in [-0.1, -0.05) is 12.1 Å². The maximum Gasteiger partial charge on any atom is 0.254 e. The predicted molar refractivity (Wildman–Crippen MR) is 132 cm³/mol. The smallest absolute Gasteiger partial charge is 0.254 e. The maximum atomic E-state index is 13.8. The van der Waals surface area contributed by atoms with Crippen molar-refractivity contribution < 1.29 is 23.1 Å². The Balaban J connectivity index is 1.57. The summed E-state index contributed by atoms with van der Waals surface area (Å²) in [6.07, 6.45) is 0.711. The van der Waals surface area contributed by atoms with Gasteiger partial charge in [0.15, 0.2) is 0 Å². The van der Waals surface area contributed by atoms with E-state index in [9.17, 15) is 18.4 Å². The zero-order chi connectivity index (χ0) is 25.2. The van der Waals surface area contributed by atoms with Crippen molar-refractivity contribution in [2.75, 3.05) is 19.7 Å². The zero-order valence-corrected chi connectivity index (χ0v) is 20.8. The van der Waals surface area contributed by atoms with Gasteiger partial charge in [-0.05, 0) is 74.5 Å². The van der Waals surface area contributed by atoms with Gasteiger partial charge in [0.25, 0.3) is 5.91 Å². The molecule has 35 heavy (non-hydrogen) atoms. The quantitative estimate of drug-likeness (QED) is 0.453. The Morgan fingerprint density at radius 2 is 1.80 bits per heavy atom. The van der Waals surface area contributed by atoms with Crippen LogP contribution in [0.3, 0.4) is 0 Å². The molecule has 2 aromatic carbocycles. The molecule has 0 unspecified atom stereocenters. The first-order valence-electron chi connectivity index (χ1n) is 11.4. The maximum absolute atomic E-state index is 13.8. The molecule has 1 aliphatic heterocycles. The molecule has 0 aliphatic carbocycles. The molecule has 3 aromatic rings. The predicted octanol–water partition coefficient (Wildman–Crippen LogP) is 5.47. The van der Waals surface area contributed by atoms with E-state index in [4.69, 9.17) is 4.74 Å². The first kappa shape index (κ1) is 24.9. The molecule has 4 rings (SSSR count). The molecule has 8 heteroatoms. The lowest BCUT2D eigenvalue weighted by atomic mass is 9.99. The lowest BCUT2D eigenvalue weighted by Crippen LogP contribution is -2.53. The Morgan fingerprint density at radius 3 is 2.49 bits per heavy atom. The standard InChI is InChI=1S/C27H28F2N2O3S/c1-27(2,3)31(26(33)18-6-4-7-19(28)14-18)16-25(32)30-12-10-24-22(11-13-35-24)23(30)17-34-21-9-5-8-20(29)15-21/h4-9,11,13-15,23H,10,12,16-17H2,1-3H3/t23-/m1/s1. The van der Waals surface area contributed by atoms with E-state index in [-0.39, 0.29) is 30.7 Å². The number of nitrogens with zero attached hydrogens (tertiary/aromatic N) is 2. The number of carbonyl (C=O) groups excluding carboxylic acids is 2. The number of rotatable bonds is 6. The first-order chi connectivity index (χ1) is 16.6. The number of thiophene rings is 1. The van der Waals surface area contributed by atoms with Gasteiger partial charge in [-0.3, -0.25) is 9.59 Å². The van der Waals surface area contributed by atoms with E-state index >= 15 is 0 Å². The Kier molecular flexibility index (Phi) is 7.21. The van der Waals surface area contributed by atoms with Crippen LogP contribution in [-0.4, -0.2) is 46.8 Å². The zero-order valence-electron chi connectivity index (χ0n) is 20.0. The molecule has 5 nitrogen and oxygen atoms in total. The van der Waals surface area contributed by atoms with Gasteiger partial charge in [0.1, 0.15) is 30.5 Å². The number of halogens is 2. The van der Waals surface area contributed by atoms with E-state index in [0.717, 1.165) is 5.56 Å². The van der Waals surface area contributed by atoms with Gasteiger partial charge in [0.05, 0.1) is 6.04 Å². The van der Waals surface area contributed by atoms with Crippen molar-refractivity contribution in [1.82, 2.24) is 9.80 Å². The van der Waals surface area contributed by atoms with Crippen LogP contribution in [0, 0.1) is 11.6 Å². The Labute approximate surface area is 207 Å². The third kappa shape index (κ3) is 5.70. The van der Waals surface area contributed by atoms with E-state index in [1.54, 1.807) is 34.4 Å². The highest BCUT2D eigenvalue weighted by atomic mass is 32.1. The van der Waals surface area contributed by atoms with Gasteiger partial charge in [-0.2, -0.15) is 0 Å². The molecule has 1 aromatic heterocycles. The molecule has 0 radical (unpaired) electrons. The largest absolute Gasteiger partial charge is 0.491 e. The molecule has 0 spiro atoms. The molecule has 184 valence electrons. The molecule has 1 aliphatic rings. The minimum atomic E-state index is -0.671. The second kappa shape index (κ2) is 10.2. The minimum absolute atomic E-state index is 0.158. The van der Waals surface area contributed by atoms with Gasteiger partial charge in [-0.25, -0.2) is 8.78 Å². The van der Waals surface area contributed by atoms with Crippen LogP contribution in [0.4, 0.5) is 8.78 Å². The Bertz CT molecular complexity index is 1220. The second-order valence-electron chi connectivity index (χ2n) is 9.49. The van der Waals surface area contributed by atoms with E-state index in [0.29, 0.717) is 18.7 Å². The number of fused-ring (bicyclic) bond motifs is 1. The van der Waals surface area contributed by atoms with Crippen molar-refractivity contribution >= 4 is 23.2 Å². The summed E-state index contributed by atoms with van der Waals surface area (Å²) in [5.41, 5.74) is 0.526. The topological polar surface area (TPSA) is 49.9 Å². The summed E-state index contributed by atoms with van der Waals surface area (Å²) in [5.74, 6) is -1.16. The van der Waals surface area contributed by atoms with Gasteiger partial charge in [0, 0.05) is 28.6 Å². The molecule has 0 saturated carbocycles. The van der Waals surface area contributed by atoms with E-state index < -0.39 is 23.1 Å². The van der Waals surface area contributed by atoms with Crippen LogP contribution in [0.1, 0.15) is 47.6 Å². The van der Waals surface area contributed by atoms with E-state index in [1.165, 1.54) is 40.1 Å². The molecule has 2 heterocycles. The van der Waals surface area contributed by atoms with Crippen LogP contribution < -0.4 is 4.74 Å². The average molecular weight is 499 g/mol. The summed E-state index contributed by atoms with van der Waals surface area (Å²) in [5, 5.41) is 1.99. The minimum Gasteiger partial charge on any atom is -0.491 e. The number of carbonyl (C=O) groups is 2. The van der Waals surface area contributed by atoms with Gasteiger partial charge in [-0.15, -0.1) is 11.3 Å². The molecule has 0 fully saturated rings. The average Bonchev–Trinajstić information content (AvgIpc) is 3.29. The fourth-order valence-electron chi connectivity index (χ4n) is 4.22. The van der Waals surface area contributed by atoms with E-state index in [1.807, 2.05) is 32.2 Å². The second-order valence-corrected chi connectivity index (χ2v) is 10.5. The number of hydrogen-bond donors (Lipinski definition) is 0. The highest BCUT2D eigenvalue weighted by Gasteiger charge is 2.36. The monoisotopic (exact) mass is 498 g/mol. The number of hydrogen-bond acceptors (Lipinski definition) is 4. The van der Waals surface area contributed by atoms with Crippen LogP contribution >= 0.6 is 11.3 Å². The van der Waals surface area contributed by atoms with Crippen molar-refractivity contribution in [1.29, 1.82) is 0 Å². The lowest BCUT2D eigenvalue weighted by molar-refractivity contribution is -0.136. The SMILES string of the molecule is CC(C)(C)N(CC(=O)N1CCc2sccc2[C@H]1COc1cccc(F)c1)C(=O)c1cccc(F)c1. The van der Waals surface area contributed by atoms with Crippen LogP contribution in [0.15, 0.2) is 60.0 Å². The van der Waals surface area contributed by atoms with Crippen LogP contribution in [-0.2, 0) is 11.2 Å². The van der Waals surface area contributed by atoms with Crippen LogP contribution in [0.25, 0.3) is 0 Å². The summed E-state index contributed by atoms with van der Waals surface area (Å²) in [7, 11) is 0. The number of ether oxygens (including phenoxy) is 1. The summed E-state index contributed by atoms with van der Waals surface area (Å²) in [4.78, 5) is 31.3. The summed E-state index contributed by atoms with van der Waals surface area (Å²) in [6.45, 7) is 6.01. The van der Waals surface area contributed by atoms with Crippen LogP contribution in [0.5, 0.6) is 5.75 Å². The third-order valence-corrected chi connectivity index (χ3v) is 7.04. The highest BCUT2D eigenvalue weighted by Crippen LogP contribution is 2.34. The normalized spacial score (nSPS) is 15.5. The lowest BCUT2D eigenvalue weighted by Gasteiger charge is -2.40. The highest BCUT2D eigenvalue weighted by molar-refractivity contribution is 7.10. The molecular formula is C27H28F2N2O3S. The third-order valence-electron chi connectivity index (χ3n) is 6.04. The molecule has 0 saturated heterocycles. The fraction of sp³-hybridized carbons (Fsp3) is 0.333. The van der Waals surface area contributed by atoms with Gasteiger partial charge >= 0.3 is 0 Å². The van der Waals surface area contributed by atoms with Crippen molar-refractivity contribution in [2.45, 2.75) is 38.8 Å². The molecule has 2 amide bonds. The van der Waals surface area contributed by atoms with E-state index in [2.05, 4.69) is 0 Å². The first-order valence-corrected chi connectivity index (χ1v) is 12.3. The molecule has 0 N–H and O–H groups in total. The van der Waals surface area contributed by atoms with Crippen LogP contribution in [0.2, 0.25) is 0 Å². The summed E-state index contributed by atoms with van der Waals surface area (Å²) < 4.78 is 33.3. The number of amides is 2. The Morgan fingerprint density at radius 1 is 1.09 bits per heavy atom. The summed E-state index contributed by atoms with van der Waals surface area (Å²) >= 11 is 1.64.